The first-order chi connectivity index (χ1) is 10.2. The first-order valence-corrected chi connectivity index (χ1v) is 8.45. The molecule has 0 saturated carbocycles. The van der Waals surface area contributed by atoms with E-state index >= 15 is 0 Å². The van der Waals surface area contributed by atoms with Crippen molar-refractivity contribution >= 4 is 0 Å². The first kappa shape index (κ1) is 18.8. The molecule has 1 rings (SSSR count). The predicted molar refractivity (Wildman–Crippen MR) is 85.6 cm³/mol. The van der Waals surface area contributed by atoms with Gasteiger partial charge in [-0.25, -0.2) is 0 Å². The van der Waals surface area contributed by atoms with E-state index in [-0.39, 0.29) is 0 Å². The van der Waals surface area contributed by atoms with Crippen LogP contribution in [0.2, 0.25) is 0 Å². The van der Waals surface area contributed by atoms with Crippen LogP contribution in [0.5, 0.6) is 0 Å². The molecule has 126 valence electrons. The van der Waals surface area contributed by atoms with Crippen molar-refractivity contribution in [1.82, 2.24) is 10.2 Å². The number of nitrogens with zero attached hydrogens (tertiary/aromatic N) is 1. The summed E-state index contributed by atoms with van der Waals surface area (Å²) >= 11 is 0. The Morgan fingerprint density at radius 2 is 2.00 bits per heavy atom. The third-order valence-electron chi connectivity index (χ3n) is 3.69. The van der Waals surface area contributed by atoms with E-state index in [1.807, 2.05) is 0 Å². The van der Waals surface area contributed by atoms with Crippen LogP contribution in [0.4, 0.5) is 0 Å². The maximum absolute atomic E-state index is 9.79. The Morgan fingerprint density at radius 1 is 1.24 bits per heavy atom. The van der Waals surface area contributed by atoms with Crippen molar-refractivity contribution in [2.75, 3.05) is 59.2 Å². The number of hydrogen-bond acceptors (Lipinski definition) is 5. The third-order valence-corrected chi connectivity index (χ3v) is 3.69. The predicted octanol–water partition coefficient (Wildman–Crippen LogP) is 1.11. The lowest BCUT2D eigenvalue weighted by Gasteiger charge is -2.26. The maximum atomic E-state index is 9.79. The fourth-order valence-electron chi connectivity index (χ4n) is 2.39. The molecular formula is C16H34N2O3. The van der Waals surface area contributed by atoms with Gasteiger partial charge in [0.25, 0.3) is 0 Å². The van der Waals surface area contributed by atoms with E-state index in [2.05, 4.69) is 24.1 Å². The van der Waals surface area contributed by atoms with Crippen LogP contribution >= 0.6 is 0 Å². The zero-order valence-corrected chi connectivity index (χ0v) is 13.9. The summed E-state index contributed by atoms with van der Waals surface area (Å²) in [5.41, 5.74) is 0. The lowest BCUT2D eigenvalue weighted by molar-refractivity contribution is 0.0327. The van der Waals surface area contributed by atoms with Gasteiger partial charge in [0.2, 0.25) is 0 Å². The van der Waals surface area contributed by atoms with Crippen LogP contribution in [-0.2, 0) is 9.47 Å². The summed E-state index contributed by atoms with van der Waals surface area (Å²) in [6, 6.07) is 0. The van der Waals surface area contributed by atoms with Gasteiger partial charge in [0.15, 0.2) is 0 Å². The highest BCUT2D eigenvalue weighted by Crippen LogP contribution is 2.03. The van der Waals surface area contributed by atoms with Gasteiger partial charge in [0.1, 0.15) is 0 Å². The van der Waals surface area contributed by atoms with Crippen molar-refractivity contribution in [3.8, 4) is 0 Å². The van der Waals surface area contributed by atoms with E-state index < -0.39 is 6.10 Å². The Labute approximate surface area is 130 Å². The Kier molecular flexibility index (Phi) is 11.1. The van der Waals surface area contributed by atoms with Crippen LogP contribution in [0.1, 0.15) is 33.1 Å². The number of aliphatic hydroxyl groups excluding tert-OH is 1. The topological polar surface area (TPSA) is 54.0 Å². The lowest BCUT2D eigenvalue weighted by Crippen LogP contribution is -2.38. The van der Waals surface area contributed by atoms with Gasteiger partial charge in [0.05, 0.1) is 25.9 Å². The van der Waals surface area contributed by atoms with Crippen molar-refractivity contribution in [2.45, 2.75) is 39.2 Å². The van der Waals surface area contributed by atoms with Crippen molar-refractivity contribution in [3.05, 3.63) is 0 Å². The molecule has 1 atom stereocenters. The van der Waals surface area contributed by atoms with E-state index in [0.717, 1.165) is 64.8 Å². The monoisotopic (exact) mass is 302 g/mol. The Hall–Kier alpha value is -0.200. The van der Waals surface area contributed by atoms with Gasteiger partial charge in [-0.2, -0.15) is 0 Å². The molecule has 0 aromatic heterocycles. The van der Waals surface area contributed by atoms with E-state index in [1.54, 1.807) is 0 Å². The van der Waals surface area contributed by atoms with Crippen LogP contribution in [0.15, 0.2) is 0 Å². The van der Waals surface area contributed by atoms with Crippen LogP contribution in [0.3, 0.4) is 0 Å². The molecular weight excluding hydrogens is 268 g/mol. The van der Waals surface area contributed by atoms with E-state index in [0.29, 0.717) is 13.2 Å². The quantitative estimate of drug-likeness (QED) is 0.529. The molecule has 0 aromatic rings. The van der Waals surface area contributed by atoms with Gasteiger partial charge in [-0.05, 0) is 38.3 Å². The Morgan fingerprint density at radius 3 is 2.71 bits per heavy atom. The van der Waals surface area contributed by atoms with Crippen molar-refractivity contribution in [1.29, 1.82) is 0 Å². The van der Waals surface area contributed by atoms with E-state index in [9.17, 15) is 5.11 Å². The van der Waals surface area contributed by atoms with Crippen LogP contribution < -0.4 is 5.32 Å². The first-order valence-electron chi connectivity index (χ1n) is 8.45. The average Bonchev–Trinajstić information content (AvgIpc) is 2.47. The normalized spacial score (nSPS) is 18.3. The molecule has 0 spiro atoms. The summed E-state index contributed by atoms with van der Waals surface area (Å²) in [6.07, 6.45) is 2.99. The lowest BCUT2D eigenvalue weighted by atomic mass is 10.1. The molecule has 0 bridgehead atoms. The molecule has 0 radical (unpaired) electrons. The highest BCUT2D eigenvalue weighted by molar-refractivity contribution is 4.64. The van der Waals surface area contributed by atoms with Crippen LogP contribution in [0.25, 0.3) is 0 Å². The third kappa shape index (κ3) is 11.1. The molecule has 2 N–H and O–H groups in total. The number of nitrogens with one attached hydrogen (secondary N) is 1. The minimum atomic E-state index is -0.396. The van der Waals surface area contributed by atoms with Gasteiger partial charge in [-0.3, -0.25) is 4.90 Å². The van der Waals surface area contributed by atoms with E-state index in [1.165, 1.54) is 6.42 Å². The summed E-state index contributed by atoms with van der Waals surface area (Å²) in [7, 11) is 0. The second-order valence-corrected chi connectivity index (χ2v) is 6.28. The maximum Gasteiger partial charge on any atom is 0.0897 e. The molecule has 1 saturated heterocycles. The number of ether oxygens (including phenoxy) is 2. The molecule has 5 nitrogen and oxygen atoms in total. The zero-order valence-electron chi connectivity index (χ0n) is 13.9. The molecule has 21 heavy (non-hydrogen) atoms. The standard InChI is InChI=1S/C16H34N2O3/c1-15(2)5-3-10-21-14-16(19)13-17-6-4-7-18-8-11-20-12-9-18/h15-17,19H,3-14H2,1-2H3. The molecule has 0 aliphatic carbocycles. The number of morpholine rings is 1. The number of aliphatic hydroxyl groups is 1. The molecule has 1 heterocycles. The second kappa shape index (κ2) is 12.4. The van der Waals surface area contributed by atoms with Gasteiger partial charge in [0, 0.05) is 26.2 Å². The summed E-state index contributed by atoms with van der Waals surface area (Å²) in [5, 5.41) is 13.1. The molecule has 0 amide bonds. The van der Waals surface area contributed by atoms with Gasteiger partial charge in [-0.15, -0.1) is 0 Å². The van der Waals surface area contributed by atoms with E-state index in [4.69, 9.17) is 9.47 Å². The molecule has 1 unspecified atom stereocenters. The van der Waals surface area contributed by atoms with Crippen LogP contribution in [-0.4, -0.2) is 75.3 Å². The molecule has 1 aliphatic heterocycles. The molecule has 1 fully saturated rings. The van der Waals surface area contributed by atoms with Gasteiger partial charge < -0.3 is 19.9 Å². The van der Waals surface area contributed by atoms with Gasteiger partial charge in [-0.1, -0.05) is 13.8 Å². The summed E-state index contributed by atoms with van der Waals surface area (Å²) < 4.78 is 10.8. The molecule has 0 aromatic carbocycles. The number of rotatable bonds is 12. The SMILES string of the molecule is CC(C)CCCOCC(O)CNCCCN1CCOCC1. The summed E-state index contributed by atoms with van der Waals surface area (Å²) in [6.45, 7) is 12.1. The van der Waals surface area contributed by atoms with Crippen molar-refractivity contribution < 1.29 is 14.6 Å². The van der Waals surface area contributed by atoms with Crippen molar-refractivity contribution in [2.24, 2.45) is 5.92 Å². The largest absolute Gasteiger partial charge is 0.389 e. The zero-order chi connectivity index (χ0) is 15.3. The number of hydrogen-bond donors (Lipinski definition) is 2. The Balaban J connectivity index is 1.83. The highest BCUT2D eigenvalue weighted by atomic mass is 16.5. The fraction of sp³-hybridized carbons (Fsp3) is 1.00. The summed E-state index contributed by atoms with van der Waals surface area (Å²) in [4.78, 5) is 2.43. The minimum absolute atomic E-state index is 0.396. The molecule has 5 heteroatoms. The average molecular weight is 302 g/mol. The smallest absolute Gasteiger partial charge is 0.0897 e. The molecule has 1 aliphatic rings. The fourth-order valence-corrected chi connectivity index (χ4v) is 2.39. The highest BCUT2D eigenvalue weighted by Gasteiger charge is 2.09. The Bertz CT molecular complexity index is 234. The summed E-state index contributed by atoms with van der Waals surface area (Å²) in [5.74, 6) is 0.728. The van der Waals surface area contributed by atoms with Crippen molar-refractivity contribution in [3.63, 3.8) is 0 Å². The minimum Gasteiger partial charge on any atom is -0.389 e. The van der Waals surface area contributed by atoms with Gasteiger partial charge >= 0.3 is 0 Å². The van der Waals surface area contributed by atoms with Crippen LogP contribution in [0, 0.1) is 5.92 Å². The second-order valence-electron chi connectivity index (χ2n) is 6.28.